The number of halogens is 1. The van der Waals surface area contributed by atoms with Gasteiger partial charge in [-0.25, -0.2) is 0 Å². The normalized spacial score (nSPS) is 15.6. The Hall–Kier alpha value is -2.28. The molecule has 0 aliphatic carbocycles. The van der Waals surface area contributed by atoms with Crippen LogP contribution in [0.15, 0.2) is 35.6 Å². The lowest BCUT2D eigenvalue weighted by molar-refractivity contribution is 0.371. The summed E-state index contributed by atoms with van der Waals surface area (Å²) in [4.78, 5) is 9.04. The average Bonchev–Trinajstić information content (AvgIpc) is 3.10. The highest BCUT2D eigenvalue weighted by Gasteiger charge is 2.20. The number of aliphatic imine (C=N–C) groups is 1. The molecule has 0 spiro atoms. The van der Waals surface area contributed by atoms with Crippen molar-refractivity contribution in [2.24, 2.45) is 4.99 Å². The van der Waals surface area contributed by atoms with E-state index >= 15 is 0 Å². The molecule has 25 heavy (non-hydrogen) atoms. The minimum atomic E-state index is 0.620. The van der Waals surface area contributed by atoms with E-state index in [1.165, 1.54) is 5.69 Å². The van der Waals surface area contributed by atoms with Gasteiger partial charge in [0.1, 0.15) is 6.33 Å². The minimum absolute atomic E-state index is 0.620. The molecule has 1 aliphatic rings. The Balaban J connectivity index is 1.55. The molecule has 1 aromatic heterocycles. The van der Waals surface area contributed by atoms with E-state index in [4.69, 9.17) is 11.6 Å². The minimum Gasteiger partial charge on any atom is -0.368 e. The van der Waals surface area contributed by atoms with Gasteiger partial charge in [-0.3, -0.25) is 4.99 Å². The van der Waals surface area contributed by atoms with Gasteiger partial charge < -0.3 is 19.7 Å². The Morgan fingerprint density at radius 2 is 2.08 bits per heavy atom. The average molecular weight is 362 g/mol. The molecule has 1 fully saturated rings. The molecule has 1 aromatic carbocycles. The first kappa shape index (κ1) is 17.5. The van der Waals surface area contributed by atoms with Gasteiger partial charge in [-0.1, -0.05) is 17.7 Å². The van der Waals surface area contributed by atoms with Crippen molar-refractivity contribution < 1.29 is 0 Å². The lowest BCUT2D eigenvalue weighted by Gasteiger charge is -2.37. The quantitative estimate of drug-likeness (QED) is 0.665. The van der Waals surface area contributed by atoms with Gasteiger partial charge in [0, 0.05) is 50.5 Å². The van der Waals surface area contributed by atoms with Crippen LogP contribution in [0.2, 0.25) is 5.02 Å². The summed E-state index contributed by atoms with van der Waals surface area (Å²) in [6.45, 7) is 7.25. The van der Waals surface area contributed by atoms with Crippen LogP contribution < -0.4 is 10.2 Å². The first-order valence-corrected chi connectivity index (χ1v) is 8.92. The first-order valence-electron chi connectivity index (χ1n) is 8.54. The van der Waals surface area contributed by atoms with Gasteiger partial charge in [-0.2, -0.15) is 0 Å². The van der Waals surface area contributed by atoms with Gasteiger partial charge in [0.25, 0.3) is 0 Å². The predicted octanol–water partition coefficient (Wildman–Crippen LogP) is 1.85. The fraction of sp³-hybridized carbons (Fsp3) is 0.471. The highest BCUT2D eigenvalue weighted by Crippen LogP contribution is 2.20. The molecule has 0 atom stereocenters. The highest BCUT2D eigenvalue weighted by atomic mass is 35.5. The van der Waals surface area contributed by atoms with E-state index in [9.17, 15) is 0 Å². The van der Waals surface area contributed by atoms with Crippen LogP contribution in [-0.4, -0.2) is 58.9 Å². The van der Waals surface area contributed by atoms with Gasteiger partial charge in [-0.05, 0) is 25.1 Å². The number of guanidine groups is 1. The van der Waals surface area contributed by atoms with Crippen molar-refractivity contribution in [1.29, 1.82) is 0 Å². The van der Waals surface area contributed by atoms with Crippen LogP contribution in [0.5, 0.6) is 0 Å². The second-order valence-corrected chi connectivity index (χ2v) is 6.32. The van der Waals surface area contributed by atoms with E-state index in [2.05, 4.69) is 43.3 Å². The summed E-state index contributed by atoms with van der Waals surface area (Å²) in [7, 11) is 1.82. The van der Waals surface area contributed by atoms with Crippen LogP contribution in [0, 0.1) is 0 Å². The molecule has 134 valence electrons. The number of hydrogen-bond acceptors (Lipinski definition) is 4. The molecule has 8 heteroatoms. The molecule has 0 unspecified atom stereocenters. The summed E-state index contributed by atoms with van der Waals surface area (Å²) in [5.41, 5.74) is 1.17. The standard InChI is InChI=1S/C17H24ClN7/c1-3-23-13-21-22-16(23)12-20-17(19-2)25-9-7-24(8-10-25)15-6-4-5-14(18)11-15/h4-6,11,13H,3,7-10,12H2,1-2H3,(H,19,20). The number of nitrogens with one attached hydrogen (secondary N) is 1. The number of piperazine rings is 1. The van der Waals surface area contributed by atoms with Gasteiger partial charge in [0.05, 0.1) is 6.54 Å². The molecule has 2 heterocycles. The van der Waals surface area contributed by atoms with E-state index in [-0.39, 0.29) is 0 Å². The third-order valence-corrected chi connectivity index (χ3v) is 4.64. The van der Waals surface area contributed by atoms with Gasteiger partial charge >= 0.3 is 0 Å². The molecule has 7 nitrogen and oxygen atoms in total. The maximum absolute atomic E-state index is 6.10. The maximum atomic E-state index is 6.10. The van der Waals surface area contributed by atoms with E-state index in [1.54, 1.807) is 6.33 Å². The van der Waals surface area contributed by atoms with Gasteiger partial charge in [-0.15, -0.1) is 10.2 Å². The molecule has 1 N–H and O–H groups in total. The van der Waals surface area contributed by atoms with E-state index < -0.39 is 0 Å². The molecule has 1 saturated heterocycles. The van der Waals surface area contributed by atoms with Crippen molar-refractivity contribution in [2.45, 2.75) is 20.0 Å². The second kappa shape index (κ2) is 8.20. The molecule has 0 bridgehead atoms. The lowest BCUT2D eigenvalue weighted by atomic mass is 10.2. The number of aromatic nitrogens is 3. The van der Waals surface area contributed by atoms with Crippen LogP contribution in [0.3, 0.4) is 0 Å². The Labute approximate surface area is 153 Å². The molecule has 2 aromatic rings. The predicted molar refractivity (Wildman–Crippen MR) is 101 cm³/mol. The van der Waals surface area contributed by atoms with Gasteiger partial charge in [0.2, 0.25) is 0 Å². The number of aryl methyl sites for hydroxylation is 1. The van der Waals surface area contributed by atoms with E-state index in [0.717, 1.165) is 49.5 Å². The smallest absolute Gasteiger partial charge is 0.194 e. The Kier molecular flexibility index (Phi) is 5.75. The van der Waals surface area contributed by atoms with Crippen LogP contribution in [0.25, 0.3) is 0 Å². The molecule has 1 aliphatic heterocycles. The summed E-state index contributed by atoms with van der Waals surface area (Å²) < 4.78 is 2.03. The van der Waals surface area contributed by atoms with Crippen molar-refractivity contribution in [1.82, 2.24) is 25.0 Å². The Morgan fingerprint density at radius 1 is 1.28 bits per heavy atom. The van der Waals surface area contributed by atoms with E-state index in [0.29, 0.717) is 6.54 Å². The Bertz CT molecular complexity index is 719. The molecule has 0 radical (unpaired) electrons. The zero-order chi connectivity index (χ0) is 17.6. The molecule has 0 amide bonds. The van der Waals surface area contributed by atoms with Crippen molar-refractivity contribution in [3.05, 3.63) is 41.4 Å². The number of benzene rings is 1. The number of hydrogen-bond donors (Lipinski definition) is 1. The van der Waals surface area contributed by atoms with Crippen molar-refractivity contribution in [3.63, 3.8) is 0 Å². The fourth-order valence-corrected chi connectivity index (χ4v) is 3.20. The number of anilines is 1. The zero-order valence-corrected chi connectivity index (χ0v) is 15.4. The molecular weight excluding hydrogens is 338 g/mol. The van der Waals surface area contributed by atoms with Crippen LogP contribution >= 0.6 is 11.6 Å². The Morgan fingerprint density at radius 3 is 2.76 bits per heavy atom. The summed E-state index contributed by atoms with van der Waals surface area (Å²) in [6, 6.07) is 8.02. The van der Waals surface area contributed by atoms with Crippen molar-refractivity contribution in [2.75, 3.05) is 38.1 Å². The summed E-state index contributed by atoms with van der Waals surface area (Å²) in [5.74, 6) is 1.82. The summed E-state index contributed by atoms with van der Waals surface area (Å²) in [6.07, 6.45) is 1.75. The first-order chi connectivity index (χ1) is 12.2. The maximum Gasteiger partial charge on any atom is 0.194 e. The van der Waals surface area contributed by atoms with Crippen LogP contribution in [0.1, 0.15) is 12.7 Å². The van der Waals surface area contributed by atoms with Gasteiger partial charge in [0.15, 0.2) is 11.8 Å². The van der Waals surface area contributed by atoms with Crippen molar-refractivity contribution >= 4 is 23.2 Å². The SMILES string of the molecule is CCn1cnnc1CNC(=NC)N1CCN(c2cccc(Cl)c2)CC1. The second-order valence-electron chi connectivity index (χ2n) is 5.89. The van der Waals surface area contributed by atoms with Crippen LogP contribution in [-0.2, 0) is 13.1 Å². The fourth-order valence-electron chi connectivity index (χ4n) is 3.02. The summed E-state index contributed by atoms with van der Waals surface area (Å²) in [5, 5.41) is 12.3. The summed E-state index contributed by atoms with van der Waals surface area (Å²) >= 11 is 6.10. The zero-order valence-electron chi connectivity index (χ0n) is 14.7. The molecular formula is C17H24ClN7. The largest absolute Gasteiger partial charge is 0.368 e. The number of rotatable bonds is 4. The molecule has 0 saturated carbocycles. The van der Waals surface area contributed by atoms with Crippen molar-refractivity contribution in [3.8, 4) is 0 Å². The number of nitrogens with zero attached hydrogens (tertiary/aromatic N) is 6. The highest BCUT2D eigenvalue weighted by molar-refractivity contribution is 6.30. The lowest BCUT2D eigenvalue weighted by Crippen LogP contribution is -2.52. The topological polar surface area (TPSA) is 61.6 Å². The van der Waals surface area contributed by atoms with E-state index in [1.807, 2.05) is 29.8 Å². The molecule has 3 rings (SSSR count). The third kappa shape index (κ3) is 4.22. The monoisotopic (exact) mass is 361 g/mol. The third-order valence-electron chi connectivity index (χ3n) is 4.41. The van der Waals surface area contributed by atoms with Crippen LogP contribution in [0.4, 0.5) is 5.69 Å².